The first kappa shape index (κ1) is 65.8. The topological polar surface area (TPSA) is 371 Å². The molecule has 1 aromatic carbocycles. The molecule has 2 aliphatic heterocycles. The Morgan fingerprint density at radius 1 is 0.462 bits per heavy atom. The maximum absolute atomic E-state index is 13.2. The number of carbonyl (C=O) groups excluding carboxylic acids is 10. The lowest BCUT2D eigenvalue weighted by Gasteiger charge is -2.44. The second kappa shape index (κ2) is 35.1. The van der Waals surface area contributed by atoms with Crippen LogP contribution in [0.2, 0.25) is 0 Å². The summed E-state index contributed by atoms with van der Waals surface area (Å²) in [5.41, 5.74) is 5.70. The monoisotopic (exact) mass is 1120 g/mol. The van der Waals surface area contributed by atoms with E-state index < -0.39 is 127 Å². The molecule has 2 aliphatic rings. The van der Waals surface area contributed by atoms with Gasteiger partial charge in [-0.15, -0.1) is 0 Å². The van der Waals surface area contributed by atoms with E-state index in [1.54, 1.807) is 6.92 Å². The lowest BCUT2D eigenvalue weighted by atomic mass is 9.90. The first-order valence-corrected chi connectivity index (χ1v) is 24.8. The number of amides is 3. The fourth-order valence-electron chi connectivity index (χ4n) is 7.51. The van der Waals surface area contributed by atoms with Crippen LogP contribution in [0.25, 0.3) is 0 Å². The van der Waals surface area contributed by atoms with Crippen molar-refractivity contribution < 1.29 is 119 Å². The first-order valence-electron chi connectivity index (χ1n) is 24.8. The van der Waals surface area contributed by atoms with Gasteiger partial charge >= 0.3 is 41.8 Å². The maximum atomic E-state index is 13.2. The van der Waals surface area contributed by atoms with Gasteiger partial charge in [-0.25, -0.2) is 0 Å². The van der Waals surface area contributed by atoms with Crippen LogP contribution in [0.5, 0.6) is 0 Å². The molecule has 438 valence electrons. The van der Waals surface area contributed by atoms with Gasteiger partial charge in [-0.2, -0.15) is 0 Å². The molecule has 0 unspecified atom stereocenters. The minimum Gasteiger partial charge on any atom is -0.463 e. The zero-order valence-electron chi connectivity index (χ0n) is 44.9. The summed E-state index contributed by atoms with van der Waals surface area (Å²) in [6, 6.07) is 4.08. The molecule has 2 saturated heterocycles. The largest absolute Gasteiger partial charge is 0.463 e. The smallest absolute Gasteiger partial charge is 0.303 e. The average Bonchev–Trinajstić information content (AvgIpc) is 3.36. The van der Waals surface area contributed by atoms with E-state index in [0.717, 1.165) is 27.7 Å². The van der Waals surface area contributed by atoms with Crippen molar-refractivity contribution in [1.82, 2.24) is 10.6 Å². The normalized spacial score (nSPS) is 22.6. The van der Waals surface area contributed by atoms with Crippen molar-refractivity contribution in [2.24, 2.45) is 11.7 Å². The van der Waals surface area contributed by atoms with E-state index in [0.29, 0.717) is 0 Å². The van der Waals surface area contributed by atoms with Crippen LogP contribution >= 0.6 is 0 Å². The van der Waals surface area contributed by atoms with E-state index in [-0.39, 0.29) is 109 Å². The summed E-state index contributed by atoms with van der Waals surface area (Å²) in [5.74, 6) is -7.09. The molecule has 0 saturated carbocycles. The molecule has 1 aromatic rings. The van der Waals surface area contributed by atoms with Crippen molar-refractivity contribution >= 4 is 65.2 Å². The molecule has 0 radical (unpaired) electrons. The zero-order chi connectivity index (χ0) is 57.7. The number of benzene rings is 1. The Morgan fingerprint density at radius 3 is 1.27 bits per heavy atom. The summed E-state index contributed by atoms with van der Waals surface area (Å²) < 4.78 is 82.8. The second-order valence-electron chi connectivity index (χ2n) is 17.2. The van der Waals surface area contributed by atoms with Crippen LogP contribution in [0.15, 0.2) is 18.2 Å². The van der Waals surface area contributed by atoms with Gasteiger partial charge in [0.1, 0.15) is 31.5 Å². The number of anilines is 1. The number of rotatable bonds is 33. The predicted molar refractivity (Wildman–Crippen MR) is 261 cm³/mol. The average molecular weight is 1120 g/mol. The number of nitrogens with one attached hydrogen (secondary N) is 3. The van der Waals surface area contributed by atoms with Gasteiger partial charge in [0.25, 0.3) is 11.8 Å². The quantitative estimate of drug-likeness (QED) is 0.0373. The van der Waals surface area contributed by atoms with Crippen molar-refractivity contribution in [3.05, 3.63) is 29.3 Å². The fourth-order valence-corrected chi connectivity index (χ4v) is 7.51. The summed E-state index contributed by atoms with van der Waals surface area (Å²) in [4.78, 5) is 121. The predicted octanol–water partition coefficient (Wildman–Crippen LogP) is -0.986. The van der Waals surface area contributed by atoms with Gasteiger partial charge in [0.05, 0.1) is 72.6 Å². The highest BCUT2D eigenvalue weighted by molar-refractivity contribution is 6.03. The van der Waals surface area contributed by atoms with Gasteiger partial charge in [0.2, 0.25) is 5.91 Å². The number of ether oxygens (including phenoxy) is 15. The summed E-state index contributed by atoms with van der Waals surface area (Å²) in [6.07, 6.45) is -10.7. The van der Waals surface area contributed by atoms with Crippen molar-refractivity contribution in [3.8, 4) is 0 Å². The van der Waals surface area contributed by atoms with Crippen LogP contribution in [0, 0.1) is 5.92 Å². The molecule has 0 aromatic heterocycles. The molecule has 2 fully saturated rings. The van der Waals surface area contributed by atoms with Crippen molar-refractivity contribution in [2.45, 2.75) is 111 Å². The van der Waals surface area contributed by atoms with Crippen LogP contribution in [-0.4, -0.2) is 214 Å². The molecule has 78 heavy (non-hydrogen) atoms. The number of hydrogen-bond acceptors (Lipinski definition) is 26. The fraction of sp³-hybridized carbons (Fsp3) is 0.673. The highest BCUT2D eigenvalue weighted by Gasteiger charge is 2.53. The SMILES string of the molecule is CC(=O)OC[C@H]1O[C@H](OCCOCCOCCNC(=O)c2cc(NC(=O)CN)cc(C(=O)NCCOCCOCCO[C@H]3O[C@H](COC(C)=O)[C@@H](OC(C)=O)[C@H](OC(C)=O)[C@@H]3OC(C)=O)c2)[C@@H](OC(C)=O)[C@@H](OC(C)=O)[C@@H]1C. The zero-order valence-corrected chi connectivity index (χ0v) is 44.9. The molecule has 0 bridgehead atoms. The summed E-state index contributed by atoms with van der Waals surface area (Å²) >= 11 is 0. The van der Waals surface area contributed by atoms with Crippen molar-refractivity contribution in [1.29, 1.82) is 0 Å². The lowest BCUT2D eigenvalue weighted by Crippen LogP contribution is -2.63. The van der Waals surface area contributed by atoms with Gasteiger partial charge in [0, 0.05) is 84.3 Å². The van der Waals surface area contributed by atoms with Crippen LogP contribution in [0.4, 0.5) is 5.69 Å². The Labute approximate surface area is 449 Å². The Kier molecular flexibility index (Phi) is 29.7. The standard InChI is InChI=1S/C49H72N4O25/c1-27-38(25-70-28(2)54)77-48(44(75-33(7)59)41(27)72-30(4)56)68-19-17-66-15-13-64-11-9-51-46(62)35-21-36(23-37(22-35)53-40(61)24-50)47(63)52-10-12-65-14-16-67-18-20-69-49-45(76-34(8)60)43(74-32(6)58)42(73-31(5)57)39(78-49)26-71-29(3)55/h21-23,27,38-39,41-45,48-49H,9-20,24-26,50H2,1-8H3,(H,51,62)(H,52,63)(H,53,61)/t27-,38-,39-,41+,42-,43+,44+,45+,48+,49+/m1/s1. The lowest BCUT2D eigenvalue weighted by molar-refractivity contribution is -0.309. The Morgan fingerprint density at radius 2 is 0.833 bits per heavy atom. The van der Waals surface area contributed by atoms with Crippen LogP contribution in [0.3, 0.4) is 0 Å². The van der Waals surface area contributed by atoms with Gasteiger partial charge in [0.15, 0.2) is 37.0 Å². The molecule has 3 amide bonds. The van der Waals surface area contributed by atoms with E-state index in [1.165, 1.54) is 39.0 Å². The van der Waals surface area contributed by atoms with E-state index in [2.05, 4.69) is 16.0 Å². The van der Waals surface area contributed by atoms with Gasteiger partial charge in [-0.1, -0.05) is 6.92 Å². The Bertz CT molecular complexity index is 2160. The third-order valence-corrected chi connectivity index (χ3v) is 10.8. The van der Waals surface area contributed by atoms with Gasteiger partial charge in [-0.3, -0.25) is 47.9 Å². The van der Waals surface area contributed by atoms with Crippen molar-refractivity contribution in [2.75, 3.05) is 104 Å². The van der Waals surface area contributed by atoms with Crippen LogP contribution in [-0.2, 0) is 109 Å². The minimum atomic E-state index is -1.39. The molecule has 10 atom stereocenters. The highest BCUT2D eigenvalue weighted by Crippen LogP contribution is 2.32. The number of nitrogens with two attached hydrogens (primary N) is 1. The third kappa shape index (κ3) is 24.5. The third-order valence-electron chi connectivity index (χ3n) is 10.8. The second-order valence-corrected chi connectivity index (χ2v) is 17.2. The van der Waals surface area contributed by atoms with E-state index in [9.17, 15) is 47.9 Å². The van der Waals surface area contributed by atoms with Crippen LogP contribution < -0.4 is 21.7 Å². The molecule has 3 rings (SSSR count). The summed E-state index contributed by atoms with van der Waals surface area (Å²) in [6.45, 7) is 9.39. The number of carbonyl (C=O) groups is 10. The summed E-state index contributed by atoms with van der Waals surface area (Å²) in [5, 5.41) is 7.90. The molecule has 0 aliphatic carbocycles. The molecule has 29 heteroatoms. The van der Waals surface area contributed by atoms with Crippen molar-refractivity contribution in [3.63, 3.8) is 0 Å². The first-order chi connectivity index (χ1) is 37.1. The van der Waals surface area contributed by atoms with E-state index >= 15 is 0 Å². The molecule has 2 heterocycles. The molecule has 0 spiro atoms. The molecule has 29 nitrogen and oxygen atoms in total. The van der Waals surface area contributed by atoms with Gasteiger partial charge in [-0.05, 0) is 18.2 Å². The molecular weight excluding hydrogens is 1040 g/mol. The summed E-state index contributed by atoms with van der Waals surface area (Å²) in [7, 11) is 0. The Hall–Kier alpha value is -6.44. The number of esters is 7. The van der Waals surface area contributed by atoms with E-state index in [4.69, 9.17) is 76.8 Å². The minimum absolute atomic E-state index is 0.0209. The highest BCUT2D eigenvalue weighted by atomic mass is 16.7. The number of hydrogen-bond donors (Lipinski definition) is 4. The maximum Gasteiger partial charge on any atom is 0.303 e. The Balaban J connectivity index is 1.41. The molecule has 5 N–H and O–H groups in total. The van der Waals surface area contributed by atoms with Crippen LogP contribution in [0.1, 0.15) is 76.1 Å². The van der Waals surface area contributed by atoms with E-state index in [1.807, 2.05) is 0 Å². The van der Waals surface area contributed by atoms with Gasteiger partial charge < -0.3 is 92.7 Å². The molecular formula is C49H72N4O25.